The van der Waals surface area contributed by atoms with Crippen molar-refractivity contribution >= 4 is 0 Å². The fourth-order valence-electron chi connectivity index (χ4n) is 0.980. The largest absolute Gasteiger partial charge is 0.379 e. The highest BCUT2D eigenvalue weighted by atomic mass is 17.2. The minimum Gasteiger partial charge on any atom is -0.379 e. The van der Waals surface area contributed by atoms with Crippen molar-refractivity contribution in [3.63, 3.8) is 0 Å². The molecule has 0 aliphatic rings. The molecule has 0 heterocycles. The monoisotopic (exact) mass is 196 g/mol. The molecule has 0 aromatic heterocycles. The number of benzene rings is 1. The Morgan fingerprint density at radius 3 is 2.50 bits per heavy atom. The molecule has 3 heteroatoms. The van der Waals surface area contributed by atoms with E-state index in [4.69, 9.17) is 14.5 Å². The molecule has 0 N–H and O–H groups in total. The molecule has 0 unspecified atom stereocenters. The average molecular weight is 196 g/mol. The van der Waals surface area contributed by atoms with Crippen molar-refractivity contribution in [2.24, 2.45) is 0 Å². The molecule has 14 heavy (non-hydrogen) atoms. The standard InChI is InChI=1S/C11H16O3/c1-2-12-8-9-13-14-10-11-6-4-3-5-7-11/h3-7H,2,8-10H2,1H3. The number of hydrogen-bond acceptors (Lipinski definition) is 3. The second kappa shape index (κ2) is 7.50. The first-order valence-electron chi connectivity index (χ1n) is 4.79. The van der Waals surface area contributed by atoms with E-state index in [9.17, 15) is 0 Å². The van der Waals surface area contributed by atoms with Crippen LogP contribution >= 0.6 is 0 Å². The quantitative estimate of drug-likeness (QED) is 0.380. The van der Waals surface area contributed by atoms with Crippen molar-refractivity contribution in [3.8, 4) is 0 Å². The van der Waals surface area contributed by atoms with E-state index in [1.165, 1.54) is 0 Å². The van der Waals surface area contributed by atoms with Crippen molar-refractivity contribution in [3.05, 3.63) is 35.9 Å². The fourth-order valence-corrected chi connectivity index (χ4v) is 0.980. The van der Waals surface area contributed by atoms with Gasteiger partial charge in [-0.1, -0.05) is 30.3 Å². The third-order valence-electron chi connectivity index (χ3n) is 1.67. The van der Waals surface area contributed by atoms with Gasteiger partial charge in [-0.25, -0.2) is 9.78 Å². The minimum absolute atomic E-state index is 0.473. The first-order valence-corrected chi connectivity index (χ1v) is 4.79. The molecule has 1 rings (SSSR count). The lowest BCUT2D eigenvalue weighted by atomic mass is 10.2. The van der Waals surface area contributed by atoms with Crippen LogP contribution in [0.1, 0.15) is 12.5 Å². The summed E-state index contributed by atoms with van der Waals surface area (Å²) in [4.78, 5) is 9.90. The summed E-state index contributed by atoms with van der Waals surface area (Å²) >= 11 is 0. The Labute approximate surface area is 84.5 Å². The molecular weight excluding hydrogens is 180 g/mol. The molecule has 78 valence electrons. The second-order valence-corrected chi connectivity index (χ2v) is 2.77. The van der Waals surface area contributed by atoms with Crippen molar-refractivity contribution in [2.75, 3.05) is 19.8 Å². The molecule has 3 nitrogen and oxygen atoms in total. The molecule has 1 aromatic rings. The van der Waals surface area contributed by atoms with Gasteiger partial charge in [-0.15, -0.1) is 0 Å². The molecular formula is C11H16O3. The summed E-state index contributed by atoms with van der Waals surface area (Å²) in [6, 6.07) is 9.90. The van der Waals surface area contributed by atoms with Gasteiger partial charge in [0.1, 0.15) is 13.2 Å². The van der Waals surface area contributed by atoms with E-state index in [1.54, 1.807) is 0 Å². The highest BCUT2D eigenvalue weighted by molar-refractivity contribution is 5.13. The van der Waals surface area contributed by atoms with Crippen LogP contribution in [0.3, 0.4) is 0 Å². The van der Waals surface area contributed by atoms with Gasteiger partial charge in [0.25, 0.3) is 0 Å². The smallest absolute Gasteiger partial charge is 0.107 e. The molecule has 0 bridgehead atoms. The summed E-state index contributed by atoms with van der Waals surface area (Å²) in [5, 5.41) is 0. The maximum atomic E-state index is 5.08. The van der Waals surface area contributed by atoms with Crippen LogP contribution in [-0.2, 0) is 21.1 Å². The molecule has 0 saturated heterocycles. The van der Waals surface area contributed by atoms with E-state index in [2.05, 4.69) is 0 Å². The number of hydrogen-bond donors (Lipinski definition) is 0. The zero-order chi connectivity index (χ0) is 10.1. The molecule has 0 fully saturated rings. The average Bonchev–Trinajstić information content (AvgIpc) is 2.25. The number of ether oxygens (including phenoxy) is 1. The van der Waals surface area contributed by atoms with Crippen molar-refractivity contribution in [1.82, 2.24) is 0 Å². The van der Waals surface area contributed by atoms with Crippen LogP contribution in [0.2, 0.25) is 0 Å². The topological polar surface area (TPSA) is 27.7 Å². The highest BCUT2D eigenvalue weighted by Crippen LogP contribution is 2.00. The maximum Gasteiger partial charge on any atom is 0.107 e. The molecule has 0 aliphatic heterocycles. The van der Waals surface area contributed by atoms with Crippen LogP contribution in [0, 0.1) is 0 Å². The molecule has 0 atom stereocenters. The van der Waals surface area contributed by atoms with Gasteiger partial charge >= 0.3 is 0 Å². The lowest BCUT2D eigenvalue weighted by Crippen LogP contribution is -2.04. The number of rotatable bonds is 7. The molecule has 0 aliphatic carbocycles. The van der Waals surface area contributed by atoms with Crippen LogP contribution in [-0.4, -0.2) is 19.8 Å². The van der Waals surface area contributed by atoms with Gasteiger partial charge in [0.05, 0.1) is 6.61 Å². The lowest BCUT2D eigenvalue weighted by molar-refractivity contribution is -0.308. The van der Waals surface area contributed by atoms with E-state index >= 15 is 0 Å². The molecule has 0 radical (unpaired) electrons. The first-order chi connectivity index (χ1) is 6.93. The zero-order valence-corrected chi connectivity index (χ0v) is 8.44. The predicted octanol–water partition coefficient (Wildman–Crippen LogP) is 2.17. The van der Waals surface area contributed by atoms with Gasteiger partial charge in [0, 0.05) is 6.61 Å². The summed E-state index contributed by atoms with van der Waals surface area (Å²) in [6.45, 7) is 4.19. The molecule has 0 saturated carbocycles. The van der Waals surface area contributed by atoms with Crippen LogP contribution in [0.15, 0.2) is 30.3 Å². The Balaban J connectivity index is 1.99. The van der Waals surface area contributed by atoms with Gasteiger partial charge in [-0.2, -0.15) is 0 Å². The third-order valence-corrected chi connectivity index (χ3v) is 1.67. The third kappa shape index (κ3) is 4.97. The zero-order valence-electron chi connectivity index (χ0n) is 8.44. The second-order valence-electron chi connectivity index (χ2n) is 2.77. The van der Waals surface area contributed by atoms with Gasteiger partial charge in [-0.3, -0.25) is 0 Å². The lowest BCUT2D eigenvalue weighted by Gasteiger charge is -2.03. The molecule has 0 spiro atoms. The highest BCUT2D eigenvalue weighted by Gasteiger charge is 1.92. The summed E-state index contributed by atoms with van der Waals surface area (Å²) < 4.78 is 5.08. The van der Waals surface area contributed by atoms with Gasteiger partial charge in [-0.05, 0) is 12.5 Å². The van der Waals surface area contributed by atoms with Gasteiger partial charge in [0.15, 0.2) is 0 Å². The summed E-state index contributed by atoms with van der Waals surface area (Å²) in [5.41, 5.74) is 1.10. The van der Waals surface area contributed by atoms with Crippen molar-refractivity contribution in [1.29, 1.82) is 0 Å². The van der Waals surface area contributed by atoms with E-state index in [1.807, 2.05) is 37.3 Å². The summed E-state index contributed by atoms with van der Waals surface area (Å²) in [5.74, 6) is 0. The van der Waals surface area contributed by atoms with Gasteiger partial charge in [0.2, 0.25) is 0 Å². The maximum absolute atomic E-state index is 5.08. The Bertz CT molecular complexity index is 223. The predicted molar refractivity (Wildman–Crippen MR) is 53.7 cm³/mol. The summed E-state index contributed by atoms with van der Waals surface area (Å²) in [6.07, 6.45) is 0. The van der Waals surface area contributed by atoms with E-state index in [0.29, 0.717) is 26.4 Å². The van der Waals surface area contributed by atoms with E-state index in [0.717, 1.165) is 5.56 Å². The first kappa shape index (κ1) is 11.2. The Morgan fingerprint density at radius 1 is 1.00 bits per heavy atom. The van der Waals surface area contributed by atoms with Crippen LogP contribution in [0.5, 0.6) is 0 Å². The van der Waals surface area contributed by atoms with Gasteiger partial charge < -0.3 is 4.74 Å². The Kier molecular flexibility index (Phi) is 5.99. The molecule has 1 aromatic carbocycles. The Morgan fingerprint density at radius 2 is 1.79 bits per heavy atom. The summed E-state index contributed by atoms with van der Waals surface area (Å²) in [7, 11) is 0. The Hall–Kier alpha value is -0.900. The van der Waals surface area contributed by atoms with Crippen molar-refractivity contribution in [2.45, 2.75) is 13.5 Å². The van der Waals surface area contributed by atoms with Crippen LogP contribution in [0.25, 0.3) is 0 Å². The minimum atomic E-state index is 0.473. The fraction of sp³-hybridized carbons (Fsp3) is 0.455. The normalized spacial score (nSPS) is 10.4. The van der Waals surface area contributed by atoms with Crippen LogP contribution < -0.4 is 0 Å². The SMILES string of the molecule is CCOCCOOCc1ccccc1. The molecule has 0 amide bonds. The van der Waals surface area contributed by atoms with Crippen LogP contribution in [0.4, 0.5) is 0 Å². The van der Waals surface area contributed by atoms with E-state index < -0.39 is 0 Å². The van der Waals surface area contributed by atoms with Crippen molar-refractivity contribution < 1.29 is 14.5 Å². The van der Waals surface area contributed by atoms with E-state index in [-0.39, 0.29) is 0 Å².